The fraction of sp³-hybridized carbons (Fsp3) is 0.562. The van der Waals surface area contributed by atoms with Crippen LogP contribution in [0.25, 0.3) is 0 Å². The average molecular weight is 277 g/mol. The van der Waals surface area contributed by atoms with Crippen LogP contribution in [0.1, 0.15) is 35.7 Å². The number of ether oxygens (including phenoxy) is 2. The monoisotopic (exact) mass is 277 g/mol. The van der Waals surface area contributed by atoms with Crippen LogP contribution in [0.3, 0.4) is 0 Å². The summed E-state index contributed by atoms with van der Waals surface area (Å²) in [5.74, 6) is -0.286. The predicted octanol–water partition coefficient (Wildman–Crippen LogP) is 2.47. The highest BCUT2D eigenvalue weighted by atomic mass is 16.5. The molecule has 1 aromatic carbocycles. The van der Waals surface area contributed by atoms with Gasteiger partial charge in [-0.3, -0.25) is 4.90 Å². The van der Waals surface area contributed by atoms with Crippen LogP contribution in [0.15, 0.2) is 24.3 Å². The predicted molar refractivity (Wildman–Crippen MR) is 77.7 cm³/mol. The third kappa shape index (κ3) is 4.05. The first-order chi connectivity index (χ1) is 9.72. The molecule has 4 heteroatoms. The maximum atomic E-state index is 11.4. The molecule has 0 aliphatic carbocycles. The molecule has 1 saturated heterocycles. The van der Waals surface area contributed by atoms with Gasteiger partial charge in [0.2, 0.25) is 0 Å². The van der Waals surface area contributed by atoms with Gasteiger partial charge in [-0.25, -0.2) is 4.79 Å². The van der Waals surface area contributed by atoms with E-state index in [1.165, 1.54) is 19.1 Å². The van der Waals surface area contributed by atoms with Crippen molar-refractivity contribution in [2.24, 2.45) is 0 Å². The Balaban J connectivity index is 1.91. The quantitative estimate of drug-likeness (QED) is 0.775. The number of likely N-dealkylation sites (tertiary alicyclic amines) is 1. The third-order valence-corrected chi connectivity index (χ3v) is 3.65. The summed E-state index contributed by atoms with van der Waals surface area (Å²) in [5.41, 5.74) is 1.82. The molecule has 2 rings (SSSR count). The van der Waals surface area contributed by atoms with Gasteiger partial charge in [-0.1, -0.05) is 12.1 Å². The number of piperidine rings is 1. The summed E-state index contributed by atoms with van der Waals surface area (Å²) in [6.07, 6.45) is 2.71. The van der Waals surface area contributed by atoms with Crippen LogP contribution in [-0.4, -0.2) is 43.8 Å². The maximum Gasteiger partial charge on any atom is 0.337 e. The van der Waals surface area contributed by atoms with Gasteiger partial charge in [-0.2, -0.15) is 0 Å². The average Bonchev–Trinajstić information content (AvgIpc) is 2.48. The zero-order chi connectivity index (χ0) is 14.4. The molecule has 1 unspecified atom stereocenters. The Morgan fingerprint density at radius 2 is 2.10 bits per heavy atom. The molecule has 1 heterocycles. The number of esters is 1. The second-order valence-corrected chi connectivity index (χ2v) is 5.14. The molecule has 1 fully saturated rings. The van der Waals surface area contributed by atoms with E-state index in [1.54, 1.807) is 0 Å². The van der Waals surface area contributed by atoms with Gasteiger partial charge in [0.15, 0.2) is 0 Å². The molecule has 0 spiro atoms. The summed E-state index contributed by atoms with van der Waals surface area (Å²) >= 11 is 0. The van der Waals surface area contributed by atoms with Crippen molar-refractivity contribution in [2.75, 3.05) is 26.8 Å². The van der Waals surface area contributed by atoms with Gasteiger partial charge in [0.1, 0.15) is 0 Å². The standard InChI is InChI=1S/C16H23NO3/c1-3-20-15-5-4-10-17(12-15)11-13-6-8-14(9-7-13)16(18)19-2/h6-9,15H,3-5,10-12H2,1-2H3. The molecular formula is C16H23NO3. The number of nitrogens with zero attached hydrogens (tertiary/aromatic N) is 1. The number of hydrogen-bond acceptors (Lipinski definition) is 4. The van der Waals surface area contributed by atoms with Gasteiger partial charge in [-0.05, 0) is 44.0 Å². The molecule has 110 valence electrons. The summed E-state index contributed by atoms with van der Waals surface area (Å²) in [7, 11) is 1.40. The molecule has 0 N–H and O–H groups in total. The first-order valence-corrected chi connectivity index (χ1v) is 7.24. The summed E-state index contributed by atoms with van der Waals surface area (Å²) in [4.78, 5) is 13.8. The Kier molecular flexibility index (Phi) is 5.56. The van der Waals surface area contributed by atoms with Crippen LogP contribution >= 0.6 is 0 Å². The van der Waals surface area contributed by atoms with Crippen LogP contribution in [0, 0.1) is 0 Å². The summed E-state index contributed by atoms with van der Waals surface area (Å²) in [5, 5.41) is 0. The molecule has 0 amide bonds. The van der Waals surface area contributed by atoms with Gasteiger partial charge < -0.3 is 9.47 Å². The van der Waals surface area contributed by atoms with E-state index in [-0.39, 0.29) is 5.97 Å². The minimum absolute atomic E-state index is 0.286. The summed E-state index contributed by atoms with van der Waals surface area (Å²) in [6.45, 7) is 5.84. The molecule has 4 nitrogen and oxygen atoms in total. The van der Waals surface area contributed by atoms with Crippen LogP contribution < -0.4 is 0 Å². The zero-order valence-corrected chi connectivity index (χ0v) is 12.3. The number of rotatable bonds is 5. The van der Waals surface area contributed by atoms with Gasteiger partial charge in [-0.15, -0.1) is 0 Å². The highest BCUT2D eigenvalue weighted by Gasteiger charge is 2.19. The van der Waals surface area contributed by atoms with Crippen LogP contribution in [0.5, 0.6) is 0 Å². The van der Waals surface area contributed by atoms with Crippen molar-refractivity contribution in [3.05, 3.63) is 35.4 Å². The third-order valence-electron chi connectivity index (χ3n) is 3.65. The number of benzene rings is 1. The lowest BCUT2D eigenvalue weighted by Crippen LogP contribution is -2.39. The maximum absolute atomic E-state index is 11.4. The van der Waals surface area contributed by atoms with E-state index < -0.39 is 0 Å². The van der Waals surface area contributed by atoms with Crippen molar-refractivity contribution >= 4 is 5.97 Å². The second kappa shape index (κ2) is 7.41. The van der Waals surface area contributed by atoms with Crippen molar-refractivity contribution in [3.8, 4) is 0 Å². The van der Waals surface area contributed by atoms with E-state index in [0.717, 1.165) is 32.7 Å². The fourth-order valence-electron chi connectivity index (χ4n) is 2.65. The minimum Gasteiger partial charge on any atom is -0.465 e. The van der Waals surface area contributed by atoms with Crippen molar-refractivity contribution < 1.29 is 14.3 Å². The molecule has 0 radical (unpaired) electrons. The van der Waals surface area contributed by atoms with E-state index >= 15 is 0 Å². The topological polar surface area (TPSA) is 38.8 Å². The van der Waals surface area contributed by atoms with Crippen LogP contribution in [0.4, 0.5) is 0 Å². The van der Waals surface area contributed by atoms with Gasteiger partial charge in [0.05, 0.1) is 18.8 Å². The molecule has 0 aromatic heterocycles. The Morgan fingerprint density at radius 1 is 1.35 bits per heavy atom. The van der Waals surface area contributed by atoms with E-state index in [2.05, 4.69) is 4.90 Å². The highest BCUT2D eigenvalue weighted by molar-refractivity contribution is 5.89. The van der Waals surface area contributed by atoms with E-state index in [4.69, 9.17) is 9.47 Å². The molecule has 1 aromatic rings. The largest absolute Gasteiger partial charge is 0.465 e. The van der Waals surface area contributed by atoms with Crippen molar-refractivity contribution in [1.82, 2.24) is 4.90 Å². The number of carbonyl (C=O) groups excluding carboxylic acids is 1. The molecule has 1 aliphatic heterocycles. The van der Waals surface area contributed by atoms with Crippen molar-refractivity contribution in [3.63, 3.8) is 0 Å². The Bertz CT molecular complexity index is 428. The first-order valence-electron chi connectivity index (χ1n) is 7.24. The first kappa shape index (κ1) is 15.0. The fourth-order valence-corrected chi connectivity index (χ4v) is 2.65. The van der Waals surface area contributed by atoms with E-state index in [9.17, 15) is 4.79 Å². The van der Waals surface area contributed by atoms with E-state index in [1.807, 2.05) is 31.2 Å². The molecule has 0 bridgehead atoms. The Morgan fingerprint density at radius 3 is 2.75 bits per heavy atom. The van der Waals surface area contributed by atoms with Crippen LogP contribution in [-0.2, 0) is 16.0 Å². The minimum atomic E-state index is -0.286. The summed E-state index contributed by atoms with van der Waals surface area (Å²) in [6, 6.07) is 7.64. The van der Waals surface area contributed by atoms with Gasteiger partial charge in [0, 0.05) is 19.7 Å². The zero-order valence-electron chi connectivity index (χ0n) is 12.3. The summed E-state index contributed by atoms with van der Waals surface area (Å²) < 4.78 is 10.4. The smallest absolute Gasteiger partial charge is 0.337 e. The number of hydrogen-bond donors (Lipinski definition) is 0. The number of carbonyl (C=O) groups is 1. The van der Waals surface area contributed by atoms with Crippen LogP contribution in [0.2, 0.25) is 0 Å². The molecule has 1 atom stereocenters. The van der Waals surface area contributed by atoms with Gasteiger partial charge in [0.25, 0.3) is 0 Å². The van der Waals surface area contributed by atoms with Crippen molar-refractivity contribution in [1.29, 1.82) is 0 Å². The lowest BCUT2D eigenvalue weighted by atomic mass is 10.1. The highest BCUT2D eigenvalue weighted by Crippen LogP contribution is 2.16. The molecular weight excluding hydrogens is 254 g/mol. The Hall–Kier alpha value is -1.39. The molecule has 20 heavy (non-hydrogen) atoms. The lowest BCUT2D eigenvalue weighted by molar-refractivity contribution is 0.00363. The normalized spacial score (nSPS) is 19.8. The number of methoxy groups -OCH3 is 1. The Labute approximate surface area is 120 Å². The van der Waals surface area contributed by atoms with Crippen molar-refractivity contribution in [2.45, 2.75) is 32.4 Å². The second-order valence-electron chi connectivity index (χ2n) is 5.14. The molecule has 0 saturated carbocycles. The van der Waals surface area contributed by atoms with E-state index in [0.29, 0.717) is 11.7 Å². The molecule has 1 aliphatic rings. The van der Waals surface area contributed by atoms with Gasteiger partial charge >= 0.3 is 5.97 Å². The SMILES string of the molecule is CCOC1CCCN(Cc2ccc(C(=O)OC)cc2)C1. The lowest BCUT2D eigenvalue weighted by Gasteiger charge is -2.32.